The van der Waals surface area contributed by atoms with Crippen molar-refractivity contribution < 1.29 is 14.7 Å². The molecule has 0 bridgehead atoms. The van der Waals surface area contributed by atoms with Crippen molar-refractivity contribution in [3.63, 3.8) is 0 Å². The molecule has 11 heavy (non-hydrogen) atoms. The van der Waals surface area contributed by atoms with Gasteiger partial charge in [-0.25, -0.2) is 0 Å². The molecule has 0 fully saturated rings. The van der Waals surface area contributed by atoms with E-state index in [1.54, 1.807) is 0 Å². The molecule has 1 amide bonds. The van der Waals surface area contributed by atoms with Crippen molar-refractivity contribution in [1.82, 2.24) is 10.9 Å². The summed E-state index contributed by atoms with van der Waals surface area (Å²) >= 11 is 2.13. The SMILES string of the molecule is CC(=O)NN[C@@H](C[SeH])C(=O)O. The summed E-state index contributed by atoms with van der Waals surface area (Å²) in [5.41, 5.74) is 4.55. The third kappa shape index (κ3) is 4.78. The van der Waals surface area contributed by atoms with E-state index in [2.05, 4.69) is 26.9 Å². The average molecular weight is 225 g/mol. The second kappa shape index (κ2) is 5.12. The van der Waals surface area contributed by atoms with Gasteiger partial charge in [0.05, 0.1) is 0 Å². The first-order chi connectivity index (χ1) is 5.07. The molecule has 0 rings (SSSR count). The van der Waals surface area contributed by atoms with E-state index < -0.39 is 12.0 Å². The van der Waals surface area contributed by atoms with Crippen molar-refractivity contribution >= 4 is 27.9 Å². The third-order valence-corrected chi connectivity index (χ3v) is 1.67. The van der Waals surface area contributed by atoms with Gasteiger partial charge in [-0.15, -0.1) is 0 Å². The summed E-state index contributed by atoms with van der Waals surface area (Å²) in [6, 6.07) is -0.737. The van der Waals surface area contributed by atoms with Gasteiger partial charge in [-0.2, -0.15) is 0 Å². The second-order valence-electron chi connectivity index (χ2n) is 1.90. The molecule has 1 atom stereocenters. The molecule has 0 aliphatic carbocycles. The van der Waals surface area contributed by atoms with Crippen molar-refractivity contribution in [2.24, 2.45) is 0 Å². The van der Waals surface area contributed by atoms with Crippen molar-refractivity contribution in [1.29, 1.82) is 0 Å². The summed E-state index contributed by atoms with van der Waals surface area (Å²) in [7, 11) is 0. The first-order valence-electron chi connectivity index (χ1n) is 2.93. The first kappa shape index (κ1) is 10.4. The Kier molecular flexibility index (Phi) is 4.85. The number of hydrazine groups is 1. The summed E-state index contributed by atoms with van der Waals surface area (Å²) in [5.74, 6) is -1.29. The summed E-state index contributed by atoms with van der Waals surface area (Å²) in [6.45, 7) is 1.30. The number of aliphatic carboxylic acids is 1. The van der Waals surface area contributed by atoms with Crippen LogP contribution in [0.2, 0.25) is 5.32 Å². The molecule has 0 heterocycles. The topological polar surface area (TPSA) is 78.4 Å². The van der Waals surface area contributed by atoms with Crippen LogP contribution in [0.25, 0.3) is 0 Å². The fourth-order valence-corrected chi connectivity index (χ4v) is 0.893. The van der Waals surface area contributed by atoms with Crippen LogP contribution in [0, 0.1) is 0 Å². The molecule has 6 heteroatoms. The summed E-state index contributed by atoms with van der Waals surface area (Å²) in [6.07, 6.45) is 0. The Morgan fingerprint density at radius 3 is 2.45 bits per heavy atom. The molecule has 0 aromatic carbocycles. The Labute approximate surface area is 72.3 Å². The van der Waals surface area contributed by atoms with Crippen LogP contribution in [0.3, 0.4) is 0 Å². The van der Waals surface area contributed by atoms with Gasteiger partial charge in [0, 0.05) is 0 Å². The quantitative estimate of drug-likeness (QED) is 0.397. The Bertz CT molecular complexity index is 162. The molecule has 0 unspecified atom stereocenters. The van der Waals surface area contributed by atoms with Crippen LogP contribution in [-0.2, 0) is 9.59 Å². The van der Waals surface area contributed by atoms with Crippen LogP contribution >= 0.6 is 0 Å². The zero-order chi connectivity index (χ0) is 8.85. The van der Waals surface area contributed by atoms with Crippen LogP contribution in [0.1, 0.15) is 6.92 Å². The van der Waals surface area contributed by atoms with E-state index in [4.69, 9.17) is 5.11 Å². The molecule has 0 saturated carbocycles. The fraction of sp³-hybridized carbons (Fsp3) is 0.600. The molecule has 0 aliphatic rings. The van der Waals surface area contributed by atoms with Crippen molar-refractivity contribution in [3.8, 4) is 0 Å². The Balaban J connectivity index is 3.70. The van der Waals surface area contributed by atoms with Crippen molar-refractivity contribution in [2.45, 2.75) is 18.3 Å². The minimum atomic E-state index is -0.987. The van der Waals surface area contributed by atoms with Gasteiger partial charge < -0.3 is 0 Å². The van der Waals surface area contributed by atoms with E-state index >= 15 is 0 Å². The summed E-state index contributed by atoms with van der Waals surface area (Å²) in [5, 5.41) is 8.83. The predicted octanol–water partition coefficient (Wildman–Crippen LogP) is -1.60. The number of carboxylic acids is 1. The molecule has 0 radical (unpaired) electrons. The summed E-state index contributed by atoms with van der Waals surface area (Å²) in [4.78, 5) is 20.6. The molecule has 0 saturated heterocycles. The average Bonchev–Trinajstić information content (AvgIpc) is 1.87. The second-order valence-corrected chi connectivity index (χ2v) is 2.67. The van der Waals surface area contributed by atoms with Crippen LogP contribution < -0.4 is 10.9 Å². The zero-order valence-electron chi connectivity index (χ0n) is 6.00. The minimum absolute atomic E-state index is 0.308. The van der Waals surface area contributed by atoms with Gasteiger partial charge >= 0.3 is 71.7 Å². The molecule has 0 spiro atoms. The van der Waals surface area contributed by atoms with Gasteiger partial charge in [-0.05, 0) is 0 Å². The molecule has 64 valence electrons. The van der Waals surface area contributed by atoms with Gasteiger partial charge in [0.15, 0.2) is 0 Å². The van der Waals surface area contributed by atoms with E-state index in [0.717, 1.165) is 0 Å². The van der Waals surface area contributed by atoms with E-state index in [-0.39, 0.29) is 5.91 Å². The Hall–Kier alpha value is -0.581. The van der Waals surface area contributed by atoms with Gasteiger partial charge in [-0.1, -0.05) is 0 Å². The van der Waals surface area contributed by atoms with Crippen LogP contribution in [0.5, 0.6) is 0 Å². The number of carbonyl (C=O) groups is 2. The normalized spacial score (nSPS) is 12.2. The predicted molar refractivity (Wildman–Crippen MR) is 40.3 cm³/mol. The first-order valence-corrected chi connectivity index (χ1v) is 4.26. The molecule has 5 nitrogen and oxygen atoms in total. The number of nitrogens with one attached hydrogen (secondary N) is 2. The van der Waals surface area contributed by atoms with Crippen LogP contribution in [0.4, 0.5) is 0 Å². The van der Waals surface area contributed by atoms with Gasteiger partial charge in [0.25, 0.3) is 0 Å². The van der Waals surface area contributed by atoms with E-state index in [1.165, 1.54) is 6.92 Å². The number of amides is 1. The van der Waals surface area contributed by atoms with E-state index in [0.29, 0.717) is 5.32 Å². The van der Waals surface area contributed by atoms with E-state index in [1.807, 2.05) is 0 Å². The molecule has 0 aromatic heterocycles. The number of rotatable bonds is 4. The standard InChI is InChI=1S/C5H10N2O3Se/c1-3(8)6-7-4(2-11)5(9)10/h4,7,11H,2H2,1H3,(H,6,8)(H,9,10)/t4-/m0/s1. The maximum atomic E-state index is 10.3. The van der Waals surface area contributed by atoms with Crippen LogP contribution in [0.15, 0.2) is 0 Å². The maximum absolute atomic E-state index is 10.3. The molecule has 0 aromatic rings. The van der Waals surface area contributed by atoms with Crippen LogP contribution in [-0.4, -0.2) is 39.0 Å². The molecule has 0 aliphatic heterocycles. The van der Waals surface area contributed by atoms with Crippen molar-refractivity contribution in [3.05, 3.63) is 0 Å². The number of hydrogen-bond acceptors (Lipinski definition) is 3. The monoisotopic (exact) mass is 226 g/mol. The third-order valence-electron chi connectivity index (χ3n) is 0.903. The molecular weight excluding hydrogens is 215 g/mol. The number of carbonyl (C=O) groups excluding carboxylic acids is 1. The van der Waals surface area contributed by atoms with Gasteiger partial charge in [0.2, 0.25) is 0 Å². The molecule has 3 N–H and O–H groups in total. The van der Waals surface area contributed by atoms with Crippen molar-refractivity contribution in [2.75, 3.05) is 0 Å². The van der Waals surface area contributed by atoms with E-state index in [9.17, 15) is 9.59 Å². The summed E-state index contributed by atoms with van der Waals surface area (Å²) < 4.78 is 0. The van der Waals surface area contributed by atoms with Gasteiger partial charge in [-0.3, -0.25) is 0 Å². The fourth-order valence-electron chi connectivity index (χ4n) is 0.374. The van der Waals surface area contributed by atoms with Gasteiger partial charge in [0.1, 0.15) is 0 Å². The number of carboxylic acid groups (broad SMARTS) is 1. The number of hydrogen-bond donors (Lipinski definition) is 3. The molecular formula is C5H10N2O3Se. The Morgan fingerprint density at radius 2 is 2.18 bits per heavy atom. The Morgan fingerprint density at radius 1 is 1.64 bits per heavy atom. The zero-order valence-corrected chi connectivity index (χ0v) is 7.87.